The summed E-state index contributed by atoms with van der Waals surface area (Å²) < 4.78 is 18.7. The molecule has 1 heterocycles. The molecule has 132 valence electrons. The molecule has 8 heteroatoms. The third-order valence-electron chi connectivity index (χ3n) is 4.13. The monoisotopic (exact) mass is 358 g/mol. The van der Waals surface area contributed by atoms with E-state index in [0.717, 1.165) is 11.0 Å². The predicted octanol–water partition coefficient (Wildman–Crippen LogP) is 1.16. The van der Waals surface area contributed by atoms with Gasteiger partial charge in [-0.05, 0) is 32.0 Å². The molecule has 0 saturated carbocycles. The first-order chi connectivity index (χ1) is 11.4. The number of carbonyl (C=O) groups excluding carboxylic acids is 2. The minimum absolute atomic E-state index is 0.112. The summed E-state index contributed by atoms with van der Waals surface area (Å²) in [6.45, 7) is 6.23. The molecule has 0 aromatic heterocycles. The van der Waals surface area contributed by atoms with Gasteiger partial charge in [0.25, 0.3) is 5.91 Å². The van der Waals surface area contributed by atoms with Crippen molar-refractivity contribution < 1.29 is 23.6 Å². The summed E-state index contributed by atoms with van der Waals surface area (Å²) in [6.07, 6.45) is -0.322. The molecule has 1 fully saturated rings. The van der Waals surface area contributed by atoms with Crippen LogP contribution < -0.4 is 10.2 Å². The number of amides is 2. The number of nitrogens with one attached hydrogen (secondary N) is 2. The van der Waals surface area contributed by atoms with Gasteiger partial charge in [0.2, 0.25) is 0 Å². The Kier molecular flexibility index (Phi) is 6.39. The van der Waals surface area contributed by atoms with Gasteiger partial charge in [-0.1, -0.05) is 11.6 Å². The highest BCUT2D eigenvalue weighted by Gasteiger charge is 2.31. The van der Waals surface area contributed by atoms with Crippen LogP contribution in [0.1, 0.15) is 13.8 Å². The smallest absolute Gasteiger partial charge is 0.410 e. The van der Waals surface area contributed by atoms with Crippen LogP contribution in [0.15, 0.2) is 18.2 Å². The molecule has 0 unspecified atom stereocenters. The topological polar surface area (TPSA) is 63.1 Å². The zero-order chi connectivity index (χ0) is 17.7. The first-order valence-corrected chi connectivity index (χ1v) is 8.32. The average molecular weight is 359 g/mol. The van der Waals surface area contributed by atoms with Crippen LogP contribution >= 0.6 is 11.6 Å². The molecular weight excluding hydrogens is 337 g/mol. The van der Waals surface area contributed by atoms with E-state index in [4.69, 9.17) is 16.3 Å². The summed E-state index contributed by atoms with van der Waals surface area (Å²) in [6, 6.07) is 3.77. The fourth-order valence-electron chi connectivity index (χ4n) is 2.64. The quantitative estimate of drug-likeness (QED) is 0.849. The van der Waals surface area contributed by atoms with Crippen LogP contribution in [0.2, 0.25) is 5.02 Å². The highest BCUT2D eigenvalue weighted by atomic mass is 35.5. The molecule has 1 saturated heterocycles. The zero-order valence-corrected chi connectivity index (χ0v) is 14.5. The number of nitrogens with zero attached hydrogens (tertiary/aromatic N) is 1. The van der Waals surface area contributed by atoms with E-state index in [0.29, 0.717) is 32.8 Å². The van der Waals surface area contributed by atoms with Crippen molar-refractivity contribution >= 4 is 29.3 Å². The summed E-state index contributed by atoms with van der Waals surface area (Å²) in [5, 5.41) is 2.87. The number of piperazine rings is 1. The number of anilines is 1. The molecule has 0 bridgehead atoms. The molecule has 0 radical (unpaired) electrons. The second kappa shape index (κ2) is 8.30. The zero-order valence-electron chi connectivity index (χ0n) is 13.8. The van der Waals surface area contributed by atoms with Gasteiger partial charge in [0.05, 0.1) is 38.5 Å². The summed E-state index contributed by atoms with van der Waals surface area (Å²) >= 11 is 5.70. The van der Waals surface area contributed by atoms with Gasteiger partial charge >= 0.3 is 6.09 Å². The summed E-state index contributed by atoms with van der Waals surface area (Å²) in [4.78, 5) is 26.7. The molecule has 1 atom stereocenters. The van der Waals surface area contributed by atoms with Gasteiger partial charge in [0.15, 0.2) is 6.04 Å². The number of rotatable bonds is 4. The third kappa shape index (κ3) is 4.58. The van der Waals surface area contributed by atoms with Crippen LogP contribution in [0, 0.1) is 5.82 Å². The second-order valence-corrected chi connectivity index (χ2v) is 6.12. The lowest BCUT2D eigenvalue weighted by molar-refractivity contribution is -0.917. The number of quaternary nitrogens is 1. The van der Waals surface area contributed by atoms with Crippen LogP contribution in [-0.2, 0) is 9.53 Å². The molecule has 1 aromatic rings. The number of ether oxygens (including phenoxy) is 1. The minimum Gasteiger partial charge on any atom is -0.450 e. The number of hydrogen-bond acceptors (Lipinski definition) is 3. The van der Waals surface area contributed by atoms with Crippen LogP contribution in [-0.4, -0.2) is 55.7 Å². The first kappa shape index (κ1) is 18.5. The number of benzene rings is 1. The van der Waals surface area contributed by atoms with Gasteiger partial charge in [-0.25, -0.2) is 9.18 Å². The Balaban J connectivity index is 1.89. The van der Waals surface area contributed by atoms with Crippen molar-refractivity contribution in [1.82, 2.24) is 4.90 Å². The average Bonchev–Trinajstić information content (AvgIpc) is 2.57. The van der Waals surface area contributed by atoms with E-state index in [-0.39, 0.29) is 28.8 Å². The molecule has 24 heavy (non-hydrogen) atoms. The van der Waals surface area contributed by atoms with Crippen LogP contribution in [0.25, 0.3) is 0 Å². The van der Waals surface area contributed by atoms with Gasteiger partial charge < -0.3 is 15.0 Å². The SMILES string of the molecule is CCOC(=O)N1CC[NH+]([C@H](C)C(=O)Nc2ccc(Cl)cc2F)CC1. The minimum atomic E-state index is -0.565. The summed E-state index contributed by atoms with van der Waals surface area (Å²) in [7, 11) is 0. The Morgan fingerprint density at radius 3 is 2.67 bits per heavy atom. The maximum atomic E-state index is 13.8. The molecular formula is C16H22ClFN3O3+. The second-order valence-electron chi connectivity index (χ2n) is 5.68. The van der Waals surface area contributed by atoms with E-state index in [9.17, 15) is 14.0 Å². The van der Waals surface area contributed by atoms with Gasteiger partial charge in [0.1, 0.15) is 5.82 Å². The molecule has 2 amide bonds. The number of hydrogen-bond donors (Lipinski definition) is 2. The van der Waals surface area contributed by atoms with Gasteiger partial charge in [-0.3, -0.25) is 9.69 Å². The van der Waals surface area contributed by atoms with Crippen LogP contribution in [0.5, 0.6) is 0 Å². The Bertz CT molecular complexity index is 606. The Morgan fingerprint density at radius 1 is 1.42 bits per heavy atom. The maximum Gasteiger partial charge on any atom is 0.410 e. The Morgan fingerprint density at radius 2 is 2.08 bits per heavy atom. The number of carbonyl (C=O) groups is 2. The highest BCUT2D eigenvalue weighted by molar-refractivity contribution is 6.30. The third-order valence-corrected chi connectivity index (χ3v) is 4.36. The van der Waals surface area contributed by atoms with Crippen molar-refractivity contribution in [3.05, 3.63) is 29.0 Å². The van der Waals surface area contributed by atoms with Crippen molar-refractivity contribution in [3.8, 4) is 0 Å². The lowest BCUT2D eigenvalue weighted by Gasteiger charge is -2.34. The summed E-state index contributed by atoms with van der Waals surface area (Å²) in [5.74, 6) is -0.832. The van der Waals surface area contributed by atoms with E-state index in [1.165, 1.54) is 12.1 Å². The molecule has 1 aliphatic rings. The molecule has 0 spiro atoms. The summed E-state index contributed by atoms with van der Waals surface area (Å²) in [5.41, 5.74) is 0.112. The normalized spacial score (nSPS) is 16.6. The fourth-order valence-corrected chi connectivity index (χ4v) is 2.80. The van der Waals surface area contributed by atoms with Crippen LogP contribution in [0.3, 0.4) is 0 Å². The number of halogens is 2. The van der Waals surface area contributed by atoms with E-state index in [2.05, 4.69) is 5.32 Å². The highest BCUT2D eigenvalue weighted by Crippen LogP contribution is 2.18. The van der Waals surface area contributed by atoms with Crippen molar-refractivity contribution in [2.45, 2.75) is 19.9 Å². The fraction of sp³-hybridized carbons (Fsp3) is 0.500. The molecule has 0 aliphatic carbocycles. The Labute approximate surface area is 145 Å². The molecule has 6 nitrogen and oxygen atoms in total. The standard InChI is InChI=1S/C16H21ClFN3O3/c1-3-24-16(23)21-8-6-20(7-9-21)11(2)15(22)19-14-5-4-12(17)10-13(14)18/h4-5,10-11H,3,6-9H2,1-2H3,(H,19,22)/p+1/t11-/m1/s1. The molecule has 2 N–H and O–H groups in total. The van der Waals surface area contributed by atoms with Gasteiger partial charge in [0, 0.05) is 5.02 Å². The molecule has 2 rings (SSSR count). The first-order valence-electron chi connectivity index (χ1n) is 7.94. The van der Waals surface area contributed by atoms with E-state index in [1.807, 2.05) is 0 Å². The van der Waals surface area contributed by atoms with Gasteiger partial charge in [-0.15, -0.1) is 0 Å². The van der Waals surface area contributed by atoms with Crippen molar-refractivity contribution in [2.75, 3.05) is 38.1 Å². The molecule has 1 aromatic carbocycles. The van der Waals surface area contributed by atoms with E-state index in [1.54, 1.807) is 18.7 Å². The van der Waals surface area contributed by atoms with E-state index < -0.39 is 5.82 Å². The van der Waals surface area contributed by atoms with Crippen molar-refractivity contribution in [3.63, 3.8) is 0 Å². The van der Waals surface area contributed by atoms with Crippen molar-refractivity contribution in [1.29, 1.82) is 0 Å². The maximum absolute atomic E-state index is 13.8. The lowest BCUT2D eigenvalue weighted by Crippen LogP contribution is -3.19. The lowest BCUT2D eigenvalue weighted by atomic mass is 10.2. The Hall–Kier alpha value is -1.86. The van der Waals surface area contributed by atoms with Gasteiger partial charge in [-0.2, -0.15) is 0 Å². The molecule has 1 aliphatic heterocycles. The largest absolute Gasteiger partial charge is 0.450 e. The van der Waals surface area contributed by atoms with Crippen LogP contribution in [0.4, 0.5) is 14.9 Å². The predicted molar refractivity (Wildman–Crippen MR) is 88.8 cm³/mol. The van der Waals surface area contributed by atoms with Crippen molar-refractivity contribution in [2.24, 2.45) is 0 Å². The van der Waals surface area contributed by atoms with E-state index >= 15 is 0 Å².